The predicted octanol–water partition coefficient (Wildman–Crippen LogP) is 4.94. The number of fused-ring (bicyclic) bond motifs is 1. The fraction of sp³-hybridized carbons (Fsp3) is 0.684. The minimum atomic E-state index is -0.252. The molecule has 0 saturated heterocycles. The summed E-state index contributed by atoms with van der Waals surface area (Å²) < 4.78 is 0. The Labute approximate surface area is 123 Å². The first-order valence-corrected chi connectivity index (χ1v) is 8.41. The maximum Gasteiger partial charge on any atom is 0.0820 e. The van der Waals surface area contributed by atoms with Crippen LogP contribution < -0.4 is 0 Å². The Morgan fingerprint density at radius 2 is 1.75 bits per heavy atom. The predicted molar refractivity (Wildman–Crippen MR) is 83.7 cm³/mol. The smallest absolute Gasteiger partial charge is 0.0820 e. The van der Waals surface area contributed by atoms with Crippen LogP contribution in [-0.4, -0.2) is 5.11 Å². The van der Waals surface area contributed by atoms with E-state index in [1.54, 1.807) is 0 Å². The monoisotopic (exact) mass is 272 g/mol. The lowest BCUT2D eigenvalue weighted by molar-refractivity contribution is 0.0345. The molecule has 1 aromatic rings. The Bertz CT molecular complexity index is 465. The lowest BCUT2D eigenvalue weighted by Gasteiger charge is -2.41. The van der Waals surface area contributed by atoms with Crippen LogP contribution in [0.5, 0.6) is 0 Å². The van der Waals surface area contributed by atoms with Crippen molar-refractivity contribution >= 4 is 0 Å². The molecule has 2 saturated carbocycles. The molecule has 1 heteroatoms. The van der Waals surface area contributed by atoms with E-state index in [0.717, 1.165) is 11.8 Å². The van der Waals surface area contributed by atoms with Crippen LogP contribution in [0.25, 0.3) is 0 Å². The molecule has 4 atom stereocenters. The molecule has 1 N–H and O–H groups in total. The van der Waals surface area contributed by atoms with Crippen molar-refractivity contribution < 1.29 is 5.11 Å². The molecule has 2 aliphatic carbocycles. The average Bonchev–Trinajstić information content (AvgIpc) is 2.49. The Kier molecular flexibility index (Phi) is 4.16. The highest BCUT2D eigenvalue weighted by molar-refractivity contribution is 5.35. The molecule has 0 radical (unpaired) electrons. The highest BCUT2D eigenvalue weighted by Crippen LogP contribution is 2.46. The molecule has 4 unspecified atom stereocenters. The van der Waals surface area contributed by atoms with Gasteiger partial charge < -0.3 is 5.11 Å². The van der Waals surface area contributed by atoms with E-state index in [1.807, 2.05) is 0 Å². The van der Waals surface area contributed by atoms with E-state index >= 15 is 0 Å². The van der Waals surface area contributed by atoms with Crippen LogP contribution in [0.1, 0.15) is 67.7 Å². The van der Waals surface area contributed by atoms with Crippen molar-refractivity contribution in [3.05, 3.63) is 34.9 Å². The summed E-state index contributed by atoms with van der Waals surface area (Å²) in [6.45, 7) is 4.30. The summed E-state index contributed by atoms with van der Waals surface area (Å²) >= 11 is 0. The number of aliphatic hydroxyl groups excluding tert-OH is 1. The largest absolute Gasteiger partial charge is 0.388 e. The fourth-order valence-corrected chi connectivity index (χ4v) is 4.54. The van der Waals surface area contributed by atoms with Gasteiger partial charge in [0.25, 0.3) is 0 Å². The Balaban J connectivity index is 1.74. The first kappa shape index (κ1) is 14.1. The van der Waals surface area contributed by atoms with Crippen LogP contribution in [0, 0.1) is 31.6 Å². The highest BCUT2D eigenvalue weighted by Gasteiger charge is 2.35. The van der Waals surface area contributed by atoms with Crippen molar-refractivity contribution in [2.24, 2.45) is 17.8 Å². The van der Waals surface area contributed by atoms with Gasteiger partial charge in [-0.05, 0) is 67.6 Å². The van der Waals surface area contributed by atoms with E-state index in [4.69, 9.17) is 0 Å². The summed E-state index contributed by atoms with van der Waals surface area (Å²) in [7, 11) is 0. The number of aliphatic hydroxyl groups is 1. The van der Waals surface area contributed by atoms with Crippen LogP contribution >= 0.6 is 0 Å². The zero-order valence-corrected chi connectivity index (χ0v) is 12.9. The summed E-state index contributed by atoms with van der Waals surface area (Å²) in [5, 5.41) is 10.8. The van der Waals surface area contributed by atoms with Gasteiger partial charge in [0, 0.05) is 0 Å². The molecule has 2 fully saturated rings. The second kappa shape index (κ2) is 5.89. The molecule has 3 rings (SSSR count). The van der Waals surface area contributed by atoms with Gasteiger partial charge in [-0.25, -0.2) is 0 Å². The van der Waals surface area contributed by atoms with Crippen molar-refractivity contribution in [2.75, 3.05) is 0 Å². The SMILES string of the molecule is Cc1cccc(C(O)C2CCC3CCCCC3C2)c1C. The van der Waals surface area contributed by atoms with E-state index < -0.39 is 0 Å². The average molecular weight is 272 g/mol. The van der Waals surface area contributed by atoms with Crippen LogP contribution in [-0.2, 0) is 0 Å². The summed E-state index contributed by atoms with van der Waals surface area (Å²) in [6.07, 6.45) is 9.25. The number of rotatable bonds is 2. The summed E-state index contributed by atoms with van der Waals surface area (Å²) in [5.74, 6) is 2.34. The molecule has 0 bridgehead atoms. The van der Waals surface area contributed by atoms with Crippen LogP contribution in [0.4, 0.5) is 0 Å². The molecule has 110 valence electrons. The normalized spacial score (nSPS) is 31.6. The van der Waals surface area contributed by atoms with E-state index in [0.29, 0.717) is 5.92 Å². The fourth-order valence-electron chi connectivity index (χ4n) is 4.54. The van der Waals surface area contributed by atoms with Crippen molar-refractivity contribution in [1.29, 1.82) is 0 Å². The van der Waals surface area contributed by atoms with Crippen molar-refractivity contribution in [1.82, 2.24) is 0 Å². The van der Waals surface area contributed by atoms with Gasteiger partial charge in [0.05, 0.1) is 6.10 Å². The first-order valence-electron chi connectivity index (χ1n) is 8.41. The Morgan fingerprint density at radius 3 is 2.55 bits per heavy atom. The molecule has 0 heterocycles. The van der Waals surface area contributed by atoms with E-state index in [9.17, 15) is 5.11 Å². The quantitative estimate of drug-likeness (QED) is 0.808. The number of benzene rings is 1. The van der Waals surface area contributed by atoms with Crippen molar-refractivity contribution in [3.8, 4) is 0 Å². The van der Waals surface area contributed by atoms with Gasteiger partial charge in [-0.2, -0.15) is 0 Å². The molecule has 0 aromatic heterocycles. The summed E-state index contributed by atoms with van der Waals surface area (Å²) in [4.78, 5) is 0. The number of aryl methyl sites for hydroxylation is 1. The topological polar surface area (TPSA) is 20.2 Å². The molecule has 0 aliphatic heterocycles. The minimum absolute atomic E-state index is 0.252. The first-order chi connectivity index (χ1) is 9.66. The second-order valence-electron chi connectivity index (χ2n) is 7.11. The molecule has 20 heavy (non-hydrogen) atoms. The van der Waals surface area contributed by atoms with E-state index in [1.165, 1.54) is 61.6 Å². The molecular formula is C19H28O. The molecule has 2 aliphatic rings. The van der Waals surface area contributed by atoms with E-state index in [-0.39, 0.29) is 6.10 Å². The van der Waals surface area contributed by atoms with Gasteiger partial charge in [-0.15, -0.1) is 0 Å². The Morgan fingerprint density at radius 1 is 1.00 bits per heavy atom. The lowest BCUT2D eigenvalue weighted by Crippen LogP contribution is -2.30. The molecule has 1 aromatic carbocycles. The third-order valence-corrected chi connectivity index (χ3v) is 5.99. The van der Waals surface area contributed by atoms with Crippen molar-refractivity contribution in [3.63, 3.8) is 0 Å². The lowest BCUT2D eigenvalue weighted by atomic mass is 9.66. The Hall–Kier alpha value is -0.820. The van der Waals surface area contributed by atoms with Crippen LogP contribution in [0.3, 0.4) is 0 Å². The molecule has 0 spiro atoms. The number of hydrogen-bond acceptors (Lipinski definition) is 1. The zero-order valence-electron chi connectivity index (χ0n) is 12.9. The standard InChI is InChI=1S/C19H28O/c1-13-6-5-9-18(14(13)2)19(20)17-11-10-15-7-3-4-8-16(15)12-17/h5-6,9,15-17,19-20H,3-4,7-8,10-12H2,1-2H3. The van der Waals surface area contributed by atoms with Crippen LogP contribution in [0.15, 0.2) is 18.2 Å². The molecule has 1 nitrogen and oxygen atoms in total. The molecular weight excluding hydrogens is 244 g/mol. The van der Waals surface area contributed by atoms with Gasteiger partial charge in [-0.3, -0.25) is 0 Å². The third-order valence-electron chi connectivity index (χ3n) is 5.99. The van der Waals surface area contributed by atoms with Gasteiger partial charge in [0.2, 0.25) is 0 Å². The van der Waals surface area contributed by atoms with Gasteiger partial charge in [-0.1, -0.05) is 43.9 Å². The van der Waals surface area contributed by atoms with Gasteiger partial charge in [0.1, 0.15) is 0 Å². The van der Waals surface area contributed by atoms with Gasteiger partial charge in [0.15, 0.2) is 0 Å². The molecule has 0 amide bonds. The highest BCUT2D eigenvalue weighted by atomic mass is 16.3. The van der Waals surface area contributed by atoms with Crippen molar-refractivity contribution in [2.45, 2.75) is 64.9 Å². The maximum atomic E-state index is 10.8. The summed E-state index contributed by atoms with van der Waals surface area (Å²) in [5.41, 5.74) is 3.75. The zero-order chi connectivity index (χ0) is 14.1. The number of hydrogen-bond donors (Lipinski definition) is 1. The summed E-state index contributed by atoms with van der Waals surface area (Å²) in [6, 6.07) is 6.36. The van der Waals surface area contributed by atoms with Gasteiger partial charge >= 0.3 is 0 Å². The van der Waals surface area contributed by atoms with Crippen LogP contribution in [0.2, 0.25) is 0 Å². The maximum absolute atomic E-state index is 10.8. The minimum Gasteiger partial charge on any atom is -0.388 e. The van der Waals surface area contributed by atoms with E-state index in [2.05, 4.69) is 32.0 Å². The third kappa shape index (κ3) is 2.65. The second-order valence-corrected chi connectivity index (χ2v) is 7.11.